The number of hydrogen-bond acceptors (Lipinski definition) is 0. The highest BCUT2D eigenvalue weighted by atomic mass is 14.4. The zero-order chi connectivity index (χ0) is 12.6. The Morgan fingerprint density at radius 3 is 2.29 bits per heavy atom. The smallest absolute Gasteiger partial charge is 0.00189 e. The monoisotopic (exact) mass is 228 g/mol. The van der Waals surface area contributed by atoms with Crippen molar-refractivity contribution in [3.05, 3.63) is 41.5 Å². The second-order valence-electron chi connectivity index (χ2n) is 6.15. The van der Waals surface area contributed by atoms with Gasteiger partial charge in [-0.05, 0) is 28.9 Å². The summed E-state index contributed by atoms with van der Waals surface area (Å²) in [5, 5.41) is 0. The van der Waals surface area contributed by atoms with E-state index in [9.17, 15) is 0 Å². The van der Waals surface area contributed by atoms with Crippen molar-refractivity contribution in [3.63, 3.8) is 0 Å². The summed E-state index contributed by atoms with van der Waals surface area (Å²) in [6.45, 7) is 11.8. The molecule has 2 unspecified atom stereocenters. The number of allylic oxidation sites excluding steroid dienone is 1. The molecule has 2 atom stereocenters. The molecule has 0 nitrogen and oxygen atoms in total. The third kappa shape index (κ3) is 1.84. The molecule has 1 aromatic carbocycles. The lowest BCUT2D eigenvalue weighted by Crippen LogP contribution is -2.41. The standard InChI is InChI=1S/C17H24/c1-12(2)15-11-10-14-8-6-7-9-16(14)17(15,5)13(3)4/h6-13,15H,1-5H3. The summed E-state index contributed by atoms with van der Waals surface area (Å²) in [7, 11) is 0. The molecule has 17 heavy (non-hydrogen) atoms. The van der Waals surface area contributed by atoms with Crippen LogP contribution in [-0.2, 0) is 5.41 Å². The summed E-state index contributed by atoms with van der Waals surface area (Å²) in [5.41, 5.74) is 3.19. The van der Waals surface area contributed by atoms with E-state index in [-0.39, 0.29) is 5.41 Å². The number of fused-ring (bicyclic) bond motifs is 1. The lowest BCUT2D eigenvalue weighted by molar-refractivity contribution is 0.203. The van der Waals surface area contributed by atoms with Crippen LogP contribution in [0, 0.1) is 17.8 Å². The molecule has 92 valence electrons. The van der Waals surface area contributed by atoms with Gasteiger partial charge in [0.1, 0.15) is 0 Å². The van der Waals surface area contributed by atoms with Crippen molar-refractivity contribution in [2.45, 2.75) is 40.0 Å². The Balaban J connectivity index is 2.60. The van der Waals surface area contributed by atoms with Crippen LogP contribution in [0.15, 0.2) is 30.3 Å². The highest BCUT2D eigenvalue weighted by Gasteiger charge is 2.41. The van der Waals surface area contributed by atoms with Crippen LogP contribution in [0.2, 0.25) is 0 Å². The topological polar surface area (TPSA) is 0 Å². The van der Waals surface area contributed by atoms with E-state index in [1.807, 2.05) is 0 Å². The van der Waals surface area contributed by atoms with Crippen molar-refractivity contribution in [1.29, 1.82) is 0 Å². The van der Waals surface area contributed by atoms with Gasteiger partial charge in [-0.1, -0.05) is 71.0 Å². The van der Waals surface area contributed by atoms with Crippen LogP contribution in [0.3, 0.4) is 0 Å². The van der Waals surface area contributed by atoms with Crippen LogP contribution >= 0.6 is 0 Å². The predicted octanol–water partition coefficient (Wildman–Crippen LogP) is 4.90. The second kappa shape index (κ2) is 4.33. The molecule has 0 saturated carbocycles. The lowest BCUT2D eigenvalue weighted by atomic mass is 9.58. The Morgan fingerprint density at radius 2 is 1.71 bits per heavy atom. The molecule has 0 N–H and O–H groups in total. The fourth-order valence-corrected chi connectivity index (χ4v) is 3.33. The first-order chi connectivity index (χ1) is 7.98. The zero-order valence-corrected chi connectivity index (χ0v) is 11.7. The van der Waals surface area contributed by atoms with E-state index < -0.39 is 0 Å². The van der Waals surface area contributed by atoms with Gasteiger partial charge in [0.05, 0.1) is 0 Å². The SMILES string of the molecule is CC(C)C1C=Cc2ccccc2C1(C)C(C)C. The summed E-state index contributed by atoms with van der Waals surface area (Å²) < 4.78 is 0. The summed E-state index contributed by atoms with van der Waals surface area (Å²) in [5.74, 6) is 1.98. The molecule has 0 bridgehead atoms. The minimum absolute atomic E-state index is 0.263. The van der Waals surface area contributed by atoms with Crippen molar-refractivity contribution >= 4 is 6.08 Å². The average molecular weight is 228 g/mol. The minimum Gasteiger partial charge on any atom is -0.0797 e. The quantitative estimate of drug-likeness (QED) is 0.675. The normalized spacial score (nSPS) is 27.6. The van der Waals surface area contributed by atoms with Crippen LogP contribution in [-0.4, -0.2) is 0 Å². The molecule has 0 radical (unpaired) electrons. The molecule has 0 aliphatic heterocycles. The largest absolute Gasteiger partial charge is 0.0797 e. The van der Waals surface area contributed by atoms with Crippen LogP contribution in [0.5, 0.6) is 0 Å². The molecule has 0 heterocycles. The summed E-state index contributed by atoms with van der Waals surface area (Å²) in [4.78, 5) is 0. The minimum atomic E-state index is 0.263. The molecule has 0 heteroatoms. The Morgan fingerprint density at radius 1 is 1.06 bits per heavy atom. The van der Waals surface area contributed by atoms with E-state index in [0.717, 1.165) is 0 Å². The van der Waals surface area contributed by atoms with Gasteiger partial charge >= 0.3 is 0 Å². The van der Waals surface area contributed by atoms with E-state index in [2.05, 4.69) is 71.0 Å². The Kier molecular flexibility index (Phi) is 3.16. The van der Waals surface area contributed by atoms with Gasteiger partial charge in [0.25, 0.3) is 0 Å². The van der Waals surface area contributed by atoms with Gasteiger partial charge in [0.2, 0.25) is 0 Å². The Labute approximate surface area is 106 Å². The predicted molar refractivity (Wildman–Crippen MR) is 76.0 cm³/mol. The molecule has 1 aliphatic carbocycles. The molecule has 2 rings (SSSR count). The molecule has 1 aliphatic rings. The van der Waals surface area contributed by atoms with Gasteiger partial charge in [0, 0.05) is 5.41 Å². The number of benzene rings is 1. The number of hydrogen-bond donors (Lipinski definition) is 0. The van der Waals surface area contributed by atoms with Gasteiger partial charge in [0.15, 0.2) is 0 Å². The summed E-state index contributed by atoms with van der Waals surface area (Å²) in [6.07, 6.45) is 4.73. The molecule has 0 amide bonds. The Hall–Kier alpha value is -1.04. The first-order valence-corrected chi connectivity index (χ1v) is 6.75. The maximum Gasteiger partial charge on any atom is 0.00189 e. The fourth-order valence-electron chi connectivity index (χ4n) is 3.33. The van der Waals surface area contributed by atoms with Crippen molar-refractivity contribution in [2.24, 2.45) is 17.8 Å². The van der Waals surface area contributed by atoms with Gasteiger partial charge in [-0.25, -0.2) is 0 Å². The molecule has 0 fully saturated rings. The van der Waals surface area contributed by atoms with Crippen LogP contribution in [0.4, 0.5) is 0 Å². The van der Waals surface area contributed by atoms with Gasteiger partial charge < -0.3 is 0 Å². The highest BCUT2D eigenvalue weighted by Crippen LogP contribution is 2.47. The van der Waals surface area contributed by atoms with Crippen molar-refractivity contribution in [3.8, 4) is 0 Å². The maximum absolute atomic E-state index is 2.44. The van der Waals surface area contributed by atoms with E-state index >= 15 is 0 Å². The van der Waals surface area contributed by atoms with Crippen molar-refractivity contribution < 1.29 is 0 Å². The molecule has 0 saturated heterocycles. The average Bonchev–Trinajstić information content (AvgIpc) is 2.29. The summed E-state index contributed by atoms with van der Waals surface area (Å²) >= 11 is 0. The van der Waals surface area contributed by atoms with E-state index in [1.165, 1.54) is 11.1 Å². The maximum atomic E-state index is 2.44. The van der Waals surface area contributed by atoms with Crippen LogP contribution in [0.25, 0.3) is 6.08 Å². The lowest BCUT2D eigenvalue weighted by Gasteiger charge is -2.45. The molecular weight excluding hydrogens is 204 g/mol. The zero-order valence-electron chi connectivity index (χ0n) is 11.7. The molecule has 1 aromatic rings. The van der Waals surface area contributed by atoms with Gasteiger partial charge in [-0.2, -0.15) is 0 Å². The Bertz CT molecular complexity index is 425. The highest BCUT2D eigenvalue weighted by molar-refractivity contribution is 5.60. The fraction of sp³-hybridized carbons (Fsp3) is 0.529. The van der Waals surface area contributed by atoms with Crippen LogP contribution in [0.1, 0.15) is 45.7 Å². The van der Waals surface area contributed by atoms with E-state index in [0.29, 0.717) is 17.8 Å². The molecule has 0 aromatic heterocycles. The van der Waals surface area contributed by atoms with E-state index in [4.69, 9.17) is 0 Å². The first-order valence-electron chi connectivity index (χ1n) is 6.75. The van der Waals surface area contributed by atoms with Gasteiger partial charge in [-0.3, -0.25) is 0 Å². The van der Waals surface area contributed by atoms with E-state index in [1.54, 1.807) is 0 Å². The third-order valence-corrected chi connectivity index (χ3v) is 4.63. The molecular formula is C17H24. The van der Waals surface area contributed by atoms with Crippen LogP contribution < -0.4 is 0 Å². The van der Waals surface area contributed by atoms with Gasteiger partial charge in [-0.15, -0.1) is 0 Å². The third-order valence-electron chi connectivity index (χ3n) is 4.63. The second-order valence-corrected chi connectivity index (χ2v) is 6.15. The number of rotatable bonds is 2. The molecule has 0 spiro atoms. The van der Waals surface area contributed by atoms with Crippen molar-refractivity contribution in [2.75, 3.05) is 0 Å². The summed E-state index contributed by atoms with van der Waals surface area (Å²) in [6, 6.07) is 8.87. The first kappa shape index (κ1) is 12.4. The van der Waals surface area contributed by atoms with Crippen molar-refractivity contribution in [1.82, 2.24) is 0 Å².